The van der Waals surface area contributed by atoms with Crippen LogP contribution in [0.4, 0.5) is 5.69 Å². The molecule has 4 heteroatoms. The average Bonchev–Trinajstić information content (AvgIpc) is 2.48. The standard InChI is InChI=1S/C17H22N2O2/c1-13(2)12-21-17-15(18)8-9-16(19-17)20-11-10-14-6-4-3-5-7-14/h3-9,13H,10-12,18H2,1-2H3. The Bertz CT molecular complexity index is 556. The van der Waals surface area contributed by atoms with E-state index in [1.165, 1.54) is 5.56 Å². The molecular weight excluding hydrogens is 264 g/mol. The Morgan fingerprint density at radius 1 is 1.05 bits per heavy atom. The Hall–Kier alpha value is -2.23. The molecule has 112 valence electrons. The number of nitrogen functional groups attached to an aromatic ring is 1. The van der Waals surface area contributed by atoms with Gasteiger partial charge in [-0.2, -0.15) is 4.98 Å². The first-order valence-corrected chi connectivity index (χ1v) is 7.21. The van der Waals surface area contributed by atoms with Gasteiger partial charge in [-0.1, -0.05) is 44.2 Å². The lowest BCUT2D eigenvalue weighted by Gasteiger charge is -2.11. The molecule has 21 heavy (non-hydrogen) atoms. The summed E-state index contributed by atoms with van der Waals surface area (Å²) in [6.45, 7) is 5.32. The van der Waals surface area contributed by atoms with Gasteiger partial charge in [0, 0.05) is 12.5 Å². The van der Waals surface area contributed by atoms with E-state index < -0.39 is 0 Å². The van der Waals surface area contributed by atoms with Gasteiger partial charge in [0.1, 0.15) is 0 Å². The molecule has 0 fully saturated rings. The second kappa shape index (κ2) is 7.53. The third-order valence-electron chi connectivity index (χ3n) is 2.90. The molecule has 0 saturated heterocycles. The monoisotopic (exact) mass is 286 g/mol. The first-order chi connectivity index (χ1) is 10.1. The molecule has 1 heterocycles. The van der Waals surface area contributed by atoms with Crippen LogP contribution >= 0.6 is 0 Å². The summed E-state index contributed by atoms with van der Waals surface area (Å²) in [5.74, 6) is 1.41. The number of pyridine rings is 1. The number of nitrogens with zero attached hydrogens (tertiary/aromatic N) is 1. The zero-order chi connectivity index (χ0) is 15.1. The lowest BCUT2D eigenvalue weighted by Crippen LogP contribution is -2.09. The van der Waals surface area contributed by atoms with Crippen molar-refractivity contribution in [3.63, 3.8) is 0 Å². The molecule has 0 amide bonds. The van der Waals surface area contributed by atoms with Gasteiger partial charge in [0.25, 0.3) is 0 Å². The molecule has 0 radical (unpaired) electrons. The van der Waals surface area contributed by atoms with Crippen molar-refractivity contribution in [1.82, 2.24) is 4.98 Å². The van der Waals surface area contributed by atoms with Gasteiger partial charge in [0.2, 0.25) is 11.8 Å². The summed E-state index contributed by atoms with van der Waals surface area (Å²) < 4.78 is 11.3. The number of anilines is 1. The van der Waals surface area contributed by atoms with Crippen LogP contribution < -0.4 is 15.2 Å². The molecule has 4 nitrogen and oxygen atoms in total. The van der Waals surface area contributed by atoms with Gasteiger partial charge in [-0.15, -0.1) is 0 Å². The molecule has 0 aliphatic rings. The molecule has 2 rings (SSSR count). The third kappa shape index (κ3) is 4.99. The van der Waals surface area contributed by atoms with Crippen LogP contribution in [0.3, 0.4) is 0 Å². The Labute approximate surface area is 125 Å². The zero-order valence-electron chi connectivity index (χ0n) is 12.6. The van der Waals surface area contributed by atoms with Crippen molar-refractivity contribution in [2.24, 2.45) is 5.92 Å². The Balaban J connectivity index is 1.89. The summed E-state index contributed by atoms with van der Waals surface area (Å²) >= 11 is 0. The molecule has 0 aliphatic heterocycles. The van der Waals surface area contributed by atoms with Crippen LogP contribution in [0.2, 0.25) is 0 Å². The summed E-state index contributed by atoms with van der Waals surface area (Å²) in [6, 6.07) is 13.7. The normalized spacial score (nSPS) is 10.6. The highest BCUT2D eigenvalue weighted by Gasteiger charge is 2.06. The van der Waals surface area contributed by atoms with Crippen LogP contribution in [0.1, 0.15) is 19.4 Å². The van der Waals surface area contributed by atoms with E-state index in [2.05, 4.69) is 31.0 Å². The van der Waals surface area contributed by atoms with Gasteiger partial charge in [0.15, 0.2) is 0 Å². The van der Waals surface area contributed by atoms with Crippen LogP contribution in [-0.2, 0) is 6.42 Å². The summed E-state index contributed by atoms with van der Waals surface area (Å²) in [5, 5.41) is 0. The fourth-order valence-electron chi connectivity index (χ4n) is 1.79. The molecule has 0 aliphatic carbocycles. The van der Waals surface area contributed by atoms with E-state index in [9.17, 15) is 0 Å². The van der Waals surface area contributed by atoms with E-state index in [0.29, 0.717) is 36.6 Å². The van der Waals surface area contributed by atoms with Crippen LogP contribution in [-0.4, -0.2) is 18.2 Å². The van der Waals surface area contributed by atoms with Crippen molar-refractivity contribution in [2.75, 3.05) is 18.9 Å². The van der Waals surface area contributed by atoms with Crippen LogP contribution in [0.25, 0.3) is 0 Å². The maximum Gasteiger partial charge on any atom is 0.240 e. The SMILES string of the molecule is CC(C)COc1nc(OCCc2ccccc2)ccc1N. The largest absolute Gasteiger partial charge is 0.477 e. The number of nitrogens with two attached hydrogens (primary N) is 1. The highest BCUT2D eigenvalue weighted by molar-refractivity contribution is 5.49. The van der Waals surface area contributed by atoms with Gasteiger partial charge in [-0.05, 0) is 17.5 Å². The lowest BCUT2D eigenvalue weighted by atomic mass is 10.2. The van der Waals surface area contributed by atoms with E-state index in [0.717, 1.165) is 6.42 Å². The van der Waals surface area contributed by atoms with E-state index in [1.807, 2.05) is 18.2 Å². The second-order valence-corrected chi connectivity index (χ2v) is 5.33. The predicted molar refractivity (Wildman–Crippen MR) is 84.6 cm³/mol. The fourth-order valence-corrected chi connectivity index (χ4v) is 1.79. The molecule has 1 aromatic carbocycles. The van der Waals surface area contributed by atoms with Crippen molar-refractivity contribution in [2.45, 2.75) is 20.3 Å². The first-order valence-electron chi connectivity index (χ1n) is 7.21. The molecule has 0 atom stereocenters. The minimum atomic E-state index is 0.425. The molecule has 0 bridgehead atoms. The summed E-state index contributed by atoms with van der Waals surface area (Å²) in [5.41, 5.74) is 7.63. The van der Waals surface area contributed by atoms with Crippen molar-refractivity contribution < 1.29 is 9.47 Å². The number of benzene rings is 1. The Morgan fingerprint density at radius 2 is 1.81 bits per heavy atom. The predicted octanol–water partition coefficient (Wildman–Crippen LogP) is 3.32. The minimum Gasteiger partial charge on any atom is -0.477 e. The van der Waals surface area contributed by atoms with E-state index in [-0.39, 0.29) is 0 Å². The van der Waals surface area contributed by atoms with Gasteiger partial charge in [-0.3, -0.25) is 0 Å². The number of ether oxygens (including phenoxy) is 2. The molecule has 0 spiro atoms. The Morgan fingerprint density at radius 3 is 2.52 bits per heavy atom. The smallest absolute Gasteiger partial charge is 0.240 e. The zero-order valence-corrected chi connectivity index (χ0v) is 12.6. The molecule has 0 unspecified atom stereocenters. The number of rotatable bonds is 7. The van der Waals surface area contributed by atoms with Crippen LogP contribution in [0.5, 0.6) is 11.8 Å². The molecule has 2 aromatic rings. The summed E-state index contributed by atoms with van der Waals surface area (Å²) in [7, 11) is 0. The van der Waals surface area contributed by atoms with Crippen LogP contribution in [0, 0.1) is 5.92 Å². The van der Waals surface area contributed by atoms with Crippen molar-refractivity contribution in [3.05, 3.63) is 48.0 Å². The highest BCUT2D eigenvalue weighted by Crippen LogP contribution is 2.22. The van der Waals surface area contributed by atoms with Crippen molar-refractivity contribution in [3.8, 4) is 11.8 Å². The third-order valence-corrected chi connectivity index (χ3v) is 2.90. The first kappa shape index (κ1) is 15.2. The topological polar surface area (TPSA) is 57.4 Å². The quantitative estimate of drug-likeness (QED) is 0.848. The molecular formula is C17H22N2O2. The molecule has 0 saturated carbocycles. The van der Waals surface area contributed by atoms with Gasteiger partial charge < -0.3 is 15.2 Å². The van der Waals surface area contributed by atoms with Gasteiger partial charge >= 0.3 is 0 Å². The highest BCUT2D eigenvalue weighted by atomic mass is 16.5. The van der Waals surface area contributed by atoms with Gasteiger partial charge in [0.05, 0.1) is 18.9 Å². The minimum absolute atomic E-state index is 0.425. The number of hydrogen-bond donors (Lipinski definition) is 1. The van der Waals surface area contributed by atoms with E-state index >= 15 is 0 Å². The molecule has 2 N–H and O–H groups in total. The number of hydrogen-bond acceptors (Lipinski definition) is 4. The molecule has 1 aromatic heterocycles. The maximum absolute atomic E-state index is 5.85. The summed E-state index contributed by atoms with van der Waals surface area (Å²) in [4.78, 5) is 4.31. The van der Waals surface area contributed by atoms with E-state index in [4.69, 9.17) is 15.2 Å². The van der Waals surface area contributed by atoms with Crippen molar-refractivity contribution >= 4 is 5.69 Å². The fraction of sp³-hybridized carbons (Fsp3) is 0.353. The van der Waals surface area contributed by atoms with Crippen LogP contribution in [0.15, 0.2) is 42.5 Å². The lowest BCUT2D eigenvalue weighted by molar-refractivity contribution is 0.253. The number of aromatic nitrogens is 1. The summed E-state index contributed by atoms with van der Waals surface area (Å²) in [6.07, 6.45) is 0.842. The second-order valence-electron chi connectivity index (χ2n) is 5.33. The maximum atomic E-state index is 5.85. The van der Waals surface area contributed by atoms with E-state index in [1.54, 1.807) is 12.1 Å². The van der Waals surface area contributed by atoms with Gasteiger partial charge in [-0.25, -0.2) is 0 Å². The van der Waals surface area contributed by atoms with Crippen molar-refractivity contribution in [1.29, 1.82) is 0 Å². The average molecular weight is 286 g/mol. The Kier molecular flexibility index (Phi) is 5.43.